The van der Waals surface area contributed by atoms with Gasteiger partial charge < -0.3 is 10.2 Å². The van der Waals surface area contributed by atoms with E-state index in [9.17, 15) is 0 Å². The highest BCUT2D eigenvalue weighted by Crippen LogP contribution is 2.29. The van der Waals surface area contributed by atoms with Gasteiger partial charge in [-0.15, -0.1) is 0 Å². The van der Waals surface area contributed by atoms with Gasteiger partial charge in [-0.25, -0.2) is 0 Å². The van der Waals surface area contributed by atoms with E-state index >= 15 is 0 Å². The first-order valence-corrected chi connectivity index (χ1v) is 7.15. The van der Waals surface area contributed by atoms with Crippen LogP contribution < -0.4 is 5.32 Å². The molecule has 0 amide bonds. The first kappa shape index (κ1) is 12.4. The molecular weight excluding hydrogens is 196 g/mol. The van der Waals surface area contributed by atoms with Gasteiger partial charge in [-0.3, -0.25) is 0 Å². The molecule has 0 aliphatic carbocycles. The Balaban J connectivity index is 1.72. The van der Waals surface area contributed by atoms with Gasteiger partial charge in [-0.1, -0.05) is 26.7 Å². The molecule has 2 nitrogen and oxygen atoms in total. The fourth-order valence-corrected chi connectivity index (χ4v) is 3.38. The summed E-state index contributed by atoms with van der Waals surface area (Å²) in [6.45, 7) is 11.2. The van der Waals surface area contributed by atoms with Crippen LogP contribution in [0.25, 0.3) is 0 Å². The molecule has 0 bridgehead atoms. The van der Waals surface area contributed by atoms with Gasteiger partial charge in [0.1, 0.15) is 0 Å². The van der Waals surface area contributed by atoms with E-state index in [1.54, 1.807) is 0 Å². The fourth-order valence-electron chi connectivity index (χ4n) is 3.38. The van der Waals surface area contributed by atoms with Crippen LogP contribution in [0.15, 0.2) is 0 Å². The number of rotatable bonds is 4. The molecule has 2 fully saturated rings. The lowest BCUT2D eigenvalue weighted by Gasteiger charge is -2.37. The first-order valence-electron chi connectivity index (χ1n) is 7.15. The van der Waals surface area contributed by atoms with Crippen LogP contribution in [-0.4, -0.2) is 37.6 Å². The molecule has 0 aromatic heterocycles. The second kappa shape index (κ2) is 5.50. The third kappa shape index (κ3) is 3.21. The van der Waals surface area contributed by atoms with Crippen LogP contribution in [0.4, 0.5) is 0 Å². The Hall–Kier alpha value is -0.0800. The van der Waals surface area contributed by atoms with E-state index in [-0.39, 0.29) is 0 Å². The van der Waals surface area contributed by atoms with E-state index < -0.39 is 0 Å². The van der Waals surface area contributed by atoms with Crippen molar-refractivity contribution in [1.82, 2.24) is 10.2 Å². The van der Waals surface area contributed by atoms with E-state index in [0.717, 1.165) is 5.92 Å². The molecule has 0 saturated carbocycles. The van der Waals surface area contributed by atoms with Crippen LogP contribution >= 0.6 is 0 Å². The molecule has 2 aliphatic heterocycles. The van der Waals surface area contributed by atoms with Crippen molar-refractivity contribution in [2.75, 3.05) is 32.7 Å². The van der Waals surface area contributed by atoms with Crippen molar-refractivity contribution in [2.24, 2.45) is 11.3 Å². The molecule has 2 heteroatoms. The van der Waals surface area contributed by atoms with Gasteiger partial charge in [0, 0.05) is 13.1 Å². The zero-order chi connectivity index (χ0) is 11.4. The standard InChI is InChI=1S/C14H28N2/c1-3-4-13-5-9-16(10-6-13)12-14(2)7-8-15-11-14/h13,15H,3-12H2,1-2H3. The lowest BCUT2D eigenvalue weighted by molar-refractivity contribution is 0.125. The molecule has 0 radical (unpaired) electrons. The van der Waals surface area contributed by atoms with Gasteiger partial charge in [-0.2, -0.15) is 0 Å². The minimum Gasteiger partial charge on any atom is -0.316 e. The zero-order valence-corrected chi connectivity index (χ0v) is 11.1. The van der Waals surface area contributed by atoms with Crippen molar-refractivity contribution in [1.29, 1.82) is 0 Å². The molecule has 0 aromatic carbocycles. The minimum absolute atomic E-state index is 0.553. The topological polar surface area (TPSA) is 15.3 Å². The Kier molecular flexibility index (Phi) is 4.26. The Morgan fingerprint density at radius 1 is 1.31 bits per heavy atom. The molecule has 0 aromatic rings. The third-order valence-electron chi connectivity index (χ3n) is 4.47. The van der Waals surface area contributed by atoms with Gasteiger partial charge in [0.15, 0.2) is 0 Å². The van der Waals surface area contributed by atoms with E-state index in [4.69, 9.17) is 0 Å². The number of hydrogen-bond donors (Lipinski definition) is 1. The maximum absolute atomic E-state index is 3.50. The largest absolute Gasteiger partial charge is 0.316 e. The van der Waals surface area contributed by atoms with Gasteiger partial charge in [0.05, 0.1) is 0 Å². The average molecular weight is 224 g/mol. The smallest absolute Gasteiger partial charge is 0.00480 e. The van der Waals surface area contributed by atoms with E-state index in [1.807, 2.05) is 0 Å². The molecule has 2 heterocycles. The van der Waals surface area contributed by atoms with Gasteiger partial charge in [0.2, 0.25) is 0 Å². The minimum atomic E-state index is 0.553. The second-order valence-corrected chi connectivity index (χ2v) is 6.25. The summed E-state index contributed by atoms with van der Waals surface area (Å²) in [5, 5.41) is 3.50. The predicted octanol–water partition coefficient (Wildman–Crippen LogP) is 2.50. The van der Waals surface area contributed by atoms with Crippen LogP contribution in [-0.2, 0) is 0 Å². The van der Waals surface area contributed by atoms with Crippen molar-refractivity contribution in [3.8, 4) is 0 Å². The van der Waals surface area contributed by atoms with Crippen LogP contribution in [0.5, 0.6) is 0 Å². The maximum Gasteiger partial charge on any atom is 0.00480 e. The van der Waals surface area contributed by atoms with Crippen LogP contribution in [0.1, 0.15) is 46.0 Å². The number of likely N-dealkylation sites (tertiary alicyclic amines) is 1. The molecule has 2 saturated heterocycles. The first-order chi connectivity index (χ1) is 7.72. The summed E-state index contributed by atoms with van der Waals surface area (Å²) in [5.41, 5.74) is 0.553. The molecule has 1 N–H and O–H groups in total. The summed E-state index contributed by atoms with van der Waals surface area (Å²) in [6.07, 6.45) is 7.07. The summed E-state index contributed by atoms with van der Waals surface area (Å²) in [5.74, 6) is 1.02. The summed E-state index contributed by atoms with van der Waals surface area (Å²) in [6, 6.07) is 0. The second-order valence-electron chi connectivity index (χ2n) is 6.25. The van der Waals surface area contributed by atoms with Crippen molar-refractivity contribution in [3.63, 3.8) is 0 Å². The predicted molar refractivity (Wildman–Crippen MR) is 69.7 cm³/mol. The number of nitrogens with one attached hydrogen (secondary N) is 1. The number of piperidine rings is 1. The lowest BCUT2D eigenvalue weighted by Crippen LogP contribution is -2.41. The molecule has 2 rings (SSSR count). The van der Waals surface area contributed by atoms with Gasteiger partial charge in [0.25, 0.3) is 0 Å². The summed E-state index contributed by atoms with van der Waals surface area (Å²) in [4.78, 5) is 2.71. The highest BCUT2D eigenvalue weighted by Gasteiger charge is 2.31. The van der Waals surface area contributed by atoms with Crippen molar-refractivity contribution >= 4 is 0 Å². The Morgan fingerprint density at radius 2 is 2.06 bits per heavy atom. The summed E-state index contributed by atoms with van der Waals surface area (Å²) >= 11 is 0. The van der Waals surface area contributed by atoms with E-state index in [2.05, 4.69) is 24.1 Å². The Morgan fingerprint density at radius 3 is 2.62 bits per heavy atom. The molecular formula is C14H28N2. The molecule has 1 atom stereocenters. The average Bonchev–Trinajstić information content (AvgIpc) is 2.68. The number of hydrogen-bond acceptors (Lipinski definition) is 2. The highest BCUT2D eigenvalue weighted by molar-refractivity contribution is 4.87. The monoisotopic (exact) mass is 224 g/mol. The van der Waals surface area contributed by atoms with Crippen molar-refractivity contribution in [2.45, 2.75) is 46.0 Å². The lowest BCUT2D eigenvalue weighted by atomic mass is 9.87. The molecule has 94 valence electrons. The normalized spacial score (nSPS) is 33.4. The quantitative estimate of drug-likeness (QED) is 0.789. The van der Waals surface area contributed by atoms with Crippen LogP contribution in [0.2, 0.25) is 0 Å². The van der Waals surface area contributed by atoms with Crippen LogP contribution in [0, 0.1) is 11.3 Å². The fraction of sp³-hybridized carbons (Fsp3) is 1.00. The maximum atomic E-state index is 3.50. The summed E-state index contributed by atoms with van der Waals surface area (Å²) in [7, 11) is 0. The van der Waals surface area contributed by atoms with Gasteiger partial charge >= 0.3 is 0 Å². The zero-order valence-electron chi connectivity index (χ0n) is 11.1. The van der Waals surface area contributed by atoms with E-state index in [1.165, 1.54) is 64.8 Å². The highest BCUT2D eigenvalue weighted by atomic mass is 15.1. The van der Waals surface area contributed by atoms with E-state index in [0.29, 0.717) is 5.41 Å². The Labute approximate surface area is 101 Å². The summed E-state index contributed by atoms with van der Waals surface area (Å²) < 4.78 is 0. The molecule has 16 heavy (non-hydrogen) atoms. The molecule has 2 aliphatic rings. The SMILES string of the molecule is CCCC1CCN(CC2(C)CCNC2)CC1. The van der Waals surface area contributed by atoms with Crippen LogP contribution in [0.3, 0.4) is 0 Å². The van der Waals surface area contributed by atoms with Crippen molar-refractivity contribution in [3.05, 3.63) is 0 Å². The number of nitrogens with zero attached hydrogens (tertiary/aromatic N) is 1. The Bertz CT molecular complexity index is 201. The van der Waals surface area contributed by atoms with Crippen molar-refractivity contribution < 1.29 is 0 Å². The third-order valence-corrected chi connectivity index (χ3v) is 4.47. The molecule has 1 unspecified atom stereocenters. The van der Waals surface area contributed by atoms with Gasteiger partial charge in [-0.05, 0) is 50.2 Å². The molecule has 0 spiro atoms.